The molecule has 148 valence electrons. The molecule has 2 aromatic heterocycles. The first-order chi connectivity index (χ1) is 14.1. The highest BCUT2D eigenvalue weighted by Gasteiger charge is 2.42. The third kappa shape index (κ3) is 3.20. The number of anilines is 1. The Kier molecular flexibility index (Phi) is 4.38. The van der Waals surface area contributed by atoms with Crippen LogP contribution in [0.4, 0.5) is 5.69 Å². The van der Waals surface area contributed by atoms with E-state index in [1.54, 1.807) is 0 Å². The molecule has 1 N–H and O–H groups in total. The number of rotatable bonds is 3. The average Bonchev–Trinajstić information content (AvgIpc) is 3.24. The molecule has 29 heavy (non-hydrogen) atoms. The predicted octanol–water partition coefficient (Wildman–Crippen LogP) is 4.06. The standard InChI is InChI=1S/C24H26N4O/c1-18-6-4-7-19(25-18)11-12-23(29)27-16-13-24(14-17-27)22-10-5-15-28(22)21-9-3-2-8-20(21)26-24/h2-10,15,26H,11-14,16-17H2,1H3. The molecular formula is C24H26N4O. The Morgan fingerprint density at radius 2 is 1.90 bits per heavy atom. The Morgan fingerprint density at radius 3 is 2.72 bits per heavy atom. The van der Waals surface area contributed by atoms with Crippen LogP contribution in [-0.2, 0) is 16.8 Å². The number of likely N-dealkylation sites (tertiary alicyclic amines) is 1. The number of para-hydroxylation sites is 2. The first kappa shape index (κ1) is 18.0. The molecule has 2 aliphatic heterocycles. The van der Waals surface area contributed by atoms with Crippen LogP contribution in [0.5, 0.6) is 0 Å². The summed E-state index contributed by atoms with van der Waals surface area (Å²) in [6.07, 6.45) is 5.20. The van der Waals surface area contributed by atoms with E-state index >= 15 is 0 Å². The van der Waals surface area contributed by atoms with E-state index in [9.17, 15) is 4.79 Å². The average molecular weight is 386 g/mol. The van der Waals surface area contributed by atoms with Gasteiger partial charge in [-0.05, 0) is 62.6 Å². The normalized spacial score (nSPS) is 16.8. The molecule has 0 saturated carbocycles. The lowest BCUT2D eigenvalue weighted by molar-refractivity contribution is -0.132. The zero-order valence-corrected chi connectivity index (χ0v) is 16.8. The third-order valence-electron chi connectivity index (χ3n) is 6.29. The Labute approximate surface area is 171 Å². The van der Waals surface area contributed by atoms with Gasteiger partial charge in [0, 0.05) is 42.8 Å². The van der Waals surface area contributed by atoms with Gasteiger partial charge in [-0.2, -0.15) is 0 Å². The van der Waals surface area contributed by atoms with Crippen molar-refractivity contribution in [2.75, 3.05) is 18.4 Å². The molecule has 1 fully saturated rings. The lowest BCUT2D eigenvalue weighted by atomic mass is 9.82. The van der Waals surface area contributed by atoms with Crippen molar-refractivity contribution < 1.29 is 4.79 Å². The number of pyridine rings is 1. The number of carbonyl (C=O) groups excluding carboxylic acids is 1. The van der Waals surface area contributed by atoms with Crippen LogP contribution in [0.1, 0.15) is 36.3 Å². The Morgan fingerprint density at radius 1 is 1.07 bits per heavy atom. The van der Waals surface area contributed by atoms with Gasteiger partial charge in [-0.15, -0.1) is 0 Å². The van der Waals surface area contributed by atoms with E-state index in [-0.39, 0.29) is 11.4 Å². The Bertz CT molecular complexity index is 1050. The molecule has 0 radical (unpaired) electrons. The minimum absolute atomic E-state index is 0.104. The predicted molar refractivity (Wildman–Crippen MR) is 114 cm³/mol. The number of benzene rings is 1. The summed E-state index contributed by atoms with van der Waals surface area (Å²) in [5, 5.41) is 3.81. The summed E-state index contributed by atoms with van der Waals surface area (Å²) in [4.78, 5) is 19.3. The number of fused-ring (bicyclic) bond motifs is 4. The summed E-state index contributed by atoms with van der Waals surface area (Å²) in [6, 6.07) is 18.8. The van der Waals surface area contributed by atoms with Crippen LogP contribution >= 0.6 is 0 Å². The van der Waals surface area contributed by atoms with Crippen molar-refractivity contribution in [2.24, 2.45) is 0 Å². The minimum Gasteiger partial charge on any atom is -0.372 e. The summed E-state index contributed by atoms with van der Waals surface area (Å²) in [5.41, 5.74) is 5.56. The fourth-order valence-electron chi connectivity index (χ4n) is 4.74. The van der Waals surface area contributed by atoms with E-state index in [0.29, 0.717) is 12.8 Å². The number of aromatic nitrogens is 2. The number of carbonyl (C=O) groups is 1. The third-order valence-corrected chi connectivity index (χ3v) is 6.29. The van der Waals surface area contributed by atoms with Crippen molar-refractivity contribution in [3.8, 4) is 5.69 Å². The first-order valence-electron chi connectivity index (χ1n) is 10.4. The second-order valence-electron chi connectivity index (χ2n) is 8.14. The van der Waals surface area contributed by atoms with E-state index in [4.69, 9.17) is 0 Å². The van der Waals surface area contributed by atoms with Crippen LogP contribution in [0.25, 0.3) is 5.69 Å². The van der Waals surface area contributed by atoms with E-state index in [0.717, 1.165) is 37.3 Å². The summed E-state index contributed by atoms with van der Waals surface area (Å²) in [6.45, 7) is 3.54. The Balaban J connectivity index is 1.28. The van der Waals surface area contributed by atoms with Crippen molar-refractivity contribution in [2.45, 2.75) is 38.1 Å². The van der Waals surface area contributed by atoms with Crippen LogP contribution in [0.3, 0.4) is 0 Å². The summed E-state index contributed by atoms with van der Waals surface area (Å²) in [5.74, 6) is 0.231. The highest BCUT2D eigenvalue weighted by Crippen LogP contribution is 2.43. The molecule has 5 rings (SSSR count). The summed E-state index contributed by atoms with van der Waals surface area (Å²) >= 11 is 0. The monoisotopic (exact) mass is 386 g/mol. The van der Waals surface area contributed by atoms with Gasteiger partial charge in [0.05, 0.1) is 16.9 Å². The van der Waals surface area contributed by atoms with Crippen molar-refractivity contribution in [1.82, 2.24) is 14.5 Å². The zero-order valence-electron chi connectivity index (χ0n) is 16.8. The van der Waals surface area contributed by atoms with Gasteiger partial charge in [-0.3, -0.25) is 9.78 Å². The molecule has 3 aromatic rings. The van der Waals surface area contributed by atoms with Crippen molar-refractivity contribution >= 4 is 11.6 Å². The van der Waals surface area contributed by atoms with Crippen LogP contribution in [-0.4, -0.2) is 33.4 Å². The van der Waals surface area contributed by atoms with Gasteiger partial charge in [0.15, 0.2) is 0 Å². The van der Waals surface area contributed by atoms with Gasteiger partial charge in [-0.1, -0.05) is 18.2 Å². The molecule has 0 aliphatic carbocycles. The molecule has 2 aliphatic rings. The van der Waals surface area contributed by atoms with Crippen molar-refractivity contribution in [3.05, 3.63) is 77.9 Å². The summed E-state index contributed by atoms with van der Waals surface area (Å²) < 4.78 is 2.30. The van der Waals surface area contributed by atoms with Gasteiger partial charge >= 0.3 is 0 Å². The fraction of sp³-hybridized carbons (Fsp3) is 0.333. The summed E-state index contributed by atoms with van der Waals surface area (Å²) in [7, 11) is 0. The molecule has 4 heterocycles. The largest absolute Gasteiger partial charge is 0.372 e. The minimum atomic E-state index is -0.104. The fourth-order valence-corrected chi connectivity index (χ4v) is 4.74. The van der Waals surface area contributed by atoms with Crippen molar-refractivity contribution in [3.63, 3.8) is 0 Å². The molecule has 1 aromatic carbocycles. The smallest absolute Gasteiger partial charge is 0.222 e. The molecule has 0 unspecified atom stereocenters. The number of nitrogens with zero attached hydrogens (tertiary/aromatic N) is 3. The second kappa shape index (κ2) is 7.07. The zero-order chi connectivity index (χ0) is 19.8. The van der Waals surface area contributed by atoms with Crippen LogP contribution < -0.4 is 5.32 Å². The van der Waals surface area contributed by atoms with E-state index in [1.807, 2.05) is 30.0 Å². The number of hydrogen-bond acceptors (Lipinski definition) is 3. The van der Waals surface area contributed by atoms with Crippen LogP contribution in [0.2, 0.25) is 0 Å². The number of aryl methyl sites for hydroxylation is 2. The molecule has 1 amide bonds. The SMILES string of the molecule is Cc1cccc(CCC(=O)N2CCC3(CC2)Nc2ccccc2-n2cccc23)n1. The van der Waals surface area contributed by atoms with E-state index in [1.165, 1.54) is 17.1 Å². The van der Waals surface area contributed by atoms with Crippen LogP contribution in [0, 0.1) is 6.92 Å². The van der Waals surface area contributed by atoms with Gasteiger partial charge in [-0.25, -0.2) is 0 Å². The first-order valence-corrected chi connectivity index (χ1v) is 10.4. The molecule has 5 heteroatoms. The Hall–Kier alpha value is -3.08. The highest BCUT2D eigenvalue weighted by atomic mass is 16.2. The highest BCUT2D eigenvalue weighted by molar-refractivity contribution is 5.76. The molecule has 5 nitrogen and oxygen atoms in total. The quantitative estimate of drug-likeness (QED) is 0.739. The van der Waals surface area contributed by atoms with E-state index < -0.39 is 0 Å². The maximum atomic E-state index is 12.8. The number of hydrogen-bond donors (Lipinski definition) is 1. The van der Waals surface area contributed by atoms with Crippen LogP contribution in [0.15, 0.2) is 60.8 Å². The topological polar surface area (TPSA) is 50.2 Å². The van der Waals surface area contributed by atoms with Crippen molar-refractivity contribution in [1.29, 1.82) is 0 Å². The number of amides is 1. The van der Waals surface area contributed by atoms with E-state index in [2.05, 4.69) is 57.5 Å². The second-order valence-corrected chi connectivity index (χ2v) is 8.14. The van der Waals surface area contributed by atoms with Gasteiger partial charge < -0.3 is 14.8 Å². The van der Waals surface area contributed by atoms with Gasteiger partial charge in [0.2, 0.25) is 5.91 Å². The lowest BCUT2D eigenvalue weighted by Gasteiger charge is -2.46. The molecular weight excluding hydrogens is 360 g/mol. The number of piperidine rings is 1. The van der Waals surface area contributed by atoms with Gasteiger partial charge in [0.25, 0.3) is 0 Å². The molecule has 1 saturated heterocycles. The maximum Gasteiger partial charge on any atom is 0.222 e. The maximum absolute atomic E-state index is 12.8. The number of nitrogens with one attached hydrogen (secondary N) is 1. The van der Waals surface area contributed by atoms with Gasteiger partial charge in [0.1, 0.15) is 0 Å². The molecule has 1 spiro atoms. The molecule has 0 atom stereocenters. The molecule has 0 bridgehead atoms. The lowest BCUT2D eigenvalue weighted by Crippen LogP contribution is -2.51.